The van der Waals surface area contributed by atoms with Crippen LogP contribution in [-0.2, 0) is 24.6 Å². The van der Waals surface area contributed by atoms with Gasteiger partial charge in [0.05, 0.1) is 37.9 Å². The van der Waals surface area contributed by atoms with Gasteiger partial charge in [0.25, 0.3) is 0 Å². The van der Waals surface area contributed by atoms with Gasteiger partial charge in [0, 0.05) is 13.1 Å². The Balaban J connectivity index is 2.08. The average molecular weight is 450 g/mol. The Morgan fingerprint density at radius 1 is 0.889 bits per heavy atom. The molecule has 1 saturated heterocycles. The molecule has 1 aliphatic rings. The summed E-state index contributed by atoms with van der Waals surface area (Å²) in [6.07, 6.45) is 0. The summed E-state index contributed by atoms with van der Waals surface area (Å²) in [5, 5.41) is 0.334. The van der Waals surface area contributed by atoms with Gasteiger partial charge in [-0.05, 0) is 42.8 Å². The van der Waals surface area contributed by atoms with Crippen LogP contribution in [0.25, 0.3) is 0 Å². The van der Waals surface area contributed by atoms with E-state index >= 15 is 0 Å². The normalized spacial score (nSPS) is 16.4. The van der Waals surface area contributed by atoms with Gasteiger partial charge in [0.1, 0.15) is 0 Å². The molecule has 0 atom stereocenters. The van der Waals surface area contributed by atoms with Crippen molar-refractivity contribution >= 4 is 43.1 Å². The molecule has 0 bridgehead atoms. The number of sulfonamides is 1. The third kappa shape index (κ3) is 4.01. The van der Waals surface area contributed by atoms with E-state index in [1.165, 1.54) is 40.7 Å². The fourth-order valence-electron chi connectivity index (χ4n) is 2.73. The van der Waals surface area contributed by atoms with Crippen LogP contribution in [0.2, 0.25) is 10.0 Å². The number of benzene rings is 2. The quantitative estimate of drug-likeness (QED) is 0.715. The van der Waals surface area contributed by atoms with E-state index in [0.29, 0.717) is 18.8 Å². The number of hydrogen-bond acceptors (Lipinski definition) is 5. The molecule has 0 N–H and O–H groups in total. The topological polar surface area (TPSA) is 80.8 Å². The Bertz CT molecular complexity index is 1080. The molecular weight excluding hydrogens is 433 g/mol. The first kappa shape index (κ1) is 20.6. The lowest BCUT2D eigenvalue weighted by atomic mass is 10.2. The van der Waals surface area contributed by atoms with Crippen molar-refractivity contribution in [2.45, 2.75) is 21.6 Å². The summed E-state index contributed by atoms with van der Waals surface area (Å²) in [4.78, 5) is -0.223. The maximum atomic E-state index is 13.0. The number of hydrogen-bond donors (Lipinski definition) is 0. The fraction of sp³-hybridized carbons (Fsp3) is 0.294. The van der Waals surface area contributed by atoms with Gasteiger partial charge in [-0.15, -0.1) is 0 Å². The van der Waals surface area contributed by atoms with Crippen LogP contribution >= 0.6 is 23.2 Å². The van der Waals surface area contributed by atoms with Crippen molar-refractivity contribution < 1.29 is 21.6 Å². The number of halogens is 2. The van der Waals surface area contributed by atoms with E-state index < -0.39 is 19.9 Å². The number of aryl methyl sites for hydroxylation is 1. The molecule has 0 spiro atoms. The van der Waals surface area contributed by atoms with Gasteiger partial charge in [0.2, 0.25) is 19.9 Å². The van der Waals surface area contributed by atoms with Crippen LogP contribution in [0.5, 0.6) is 0 Å². The summed E-state index contributed by atoms with van der Waals surface area (Å²) in [7, 11) is -7.79. The number of ether oxygens (including phenoxy) is 1. The van der Waals surface area contributed by atoms with E-state index in [0.717, 1.165) is 0 Å². The molecular formula is C17H17Cl2NO5S2. The Labute approximate surface area is 168 Å². The van der Waals surface area contributed by atoms with Crippen LogP contribution in [0, 0.1) is 6.92 Å². The first-order valence-electron chi connectivity index (χ1n) is 8.03. The Morgan fingerprint density at radius 3 is 2.11 bits per heavy atom. The van der Waals surface area contributed by atoms with E-state index in [1.54, 1.807) is 6.92 Å². The molecule has 1 heterocycles. The summed E-state index contributed by atoms with van der Waals surface area (Å²) in [6.45, 7) is 2.69. The molecule has 2 aromatic rings. The van der Waals surface area contributed by atoms with Crippen molar-refractivity contribution in [1.29, 1.82) is 0 Å². The smallest absolute Gasteiger partial charge is 0.243 e. The second-order valence-corrected chi connectivity index (χ2v) is 10.7. The summed E-state index contributed by atoms with van der Waals surface area (Å²) < 4.78 is 58.3. The average Bonchev–Trinajstić information content (AvgIpc) is 2.64. The van der Waals surface area contributed by atoms with Crippen molar-refractivity contribution in [3.63, 3.8) is 0 Å². The van der Waals surface area contributed by atoms with Gasteiger partial charge in [-0.1, -0.05) is 29.3 Å². The number of nitrogens with zero attached hydrogens (tertiary/aromatic N) is 1. The van der Waals surface area contributed by atoms with Gasteiger partial charge in [-0.2, -0.15) is 4.31 Å². The Morgan fingerprint density at radius 2 is 1.48 bits per heavy atom. The van der Waals surface area contributed by atoms with Crippen molar-refractivity contribution in [3.8, 4) is 0 Å². The second-order valence-electron chi connectivity index (χ2n) is 6.02. The standard InChI is InChI=1S/C17H17Cl2NO5S2/c1-12-2-3-14(26(21,22)13-4-5-15(18)16(19)10-13)11-17(12)27(23,24)20-6-8-25-9-7-20/h2-5,10-11H,6-9H2,1H3. The molecule has 6 nitrogen and oxygen atoms in total. The second kappa shape index (κ2) is 7.69. The highest BCUT2D eigenvalue weighted by molar-refractivity contribution is 7.91. The maximum Gasteiger partial charge on any atom is 0.243 e. The van der Waals surface area contributed by atoms with Crippen molar-refractivity contribution in [2.24, 2.45) is 0 Å². The van der Waals surface area contributed by atoms with Crippen LogP contribution in [-0.4, -0.2) is 47.4 Å². The largest absolute Gasteiger partial charge is 0.379 e. The number of morpholine rings is 1. The minimum absolute atomic E-state index is 0.0365. The van der Waals surface area contributed by atoms with E-state index in [9.17, 15) is 16.8 Å². The third-order valence-electron chi connectivity index (χ3n) is 4.26. The highest BCUT2D eigenvalue weighted by Gasteiger charge is 2.29. The van der Waals surface area contributed by atoms with Crippen LogP contribution in [0.15, 0.2) is 51.1 Å². The van der Waals surface area contributed by atoms with Crippen LogP contribution in [0.4, 0.5) is 0 Å². The van der Waals surface area contributed by atoms with Gasteiger partial charge < -0.3 is 4.74 Å². The molecule has 10 heteroatoms. The first-order valence-corrected chi connectivity index (χ1v) is 11.7. The van der Waals surface area contributed by atoms with Gasteiger partial charge in [0.15, 0.2) is 0 Å². The maximum absolute atomic E-state index is 13.0. The SMILES string of the molecule is Cc1ccc(S(=O)(=O)c2ccc(Cl)c(Cl)c2)cc1S(=O)(=O)N1CCOCC1. The minimum Gasteiger partial charge on any atom is -0.379 e. The molecule has 1 fully saturated rings. The van der Waals surface area contributed by atoms with E-state index in [1.807, 2.05) is 0 Å². The van der Waals surface area contributed by atoms with E-state index in [-0.39, 0.29) is 37.8 Å². The first-order chi connectivity index (χ1) is 12.6. The van der Waals surface area contributed by atoms with Crippen molar-refractivity contribution in [2.75, 3.05) is 26.3 Å². The molecule has 146 valence electrons. The molecule has 0 aliphatic carbocycles. The molecule has 0 saturated carbocycles. The van der Waals surface area contributed by atoms with Crippen molar-refractivity contribution in [1.82, 2.24) is 4.31 Å². The summed E-state index contributed by atoms with van der Waals surface area (Å²) in [5.74, 6) is 0. The Kier molecular flexibility index (Phi) is 5.86. The monoisotopic (exact) mass is 449 g/mol. The minimum atomic E-state index is -3.96. The molecule has 1 aliphatic heterocycles. The van der Waals surface area contributed by atoms with Gasteiger partial charge >= 0.3 is 0 Å². The summed E-state index contributed by atoms with van der Waals surface area (Å²) >= 11 is 11.8. The van der Waals surface area contributed by atoms with Crippen LogP contribution in [0.3, 0.4) is 0 Å². The zero-order chi connectivity index (χ0) is 19.8. The lowest BCUT2D eigenvalue weighted by Gasteiger charge is -2.26. The molecule has 27 heavy (non-hydrogen) atoms. The zero-order valence-electron chi connectivity index (χ0n) is 14.4. The predicted octanol–water partition coefficient (Wildman–Crippen LogP) is 3.16. The Hall–Kier alpha value is -1.16. The number of sulfone groups is 1. The van der Waals surface area contributed by atoms with E-state index in [2.05, 4.69) is 0 Å². The van der Waals surface area contributed by atoms with Gasteiger partial charge in [-0.3, -0.25) is 0 Å². The highest BCUT2D eigenvalue weighted by atomic mass is 35.5. The third-order valence-corrected chi connectivity index (χ3v) is 8.79. The molecule has 3 rings (SSSR count). The van der Waals surface area contributed by atoms with Crippen LogP contribution in [0.1, 0.15) is 5.56 Å². The number of rotatable bonds is 4. The summed E-state index contributed by atoms with van der Waals surface area (Å²) in [5.41, 5.74) is 0.467. The van der Waals surface area contributed by atoms with Gasteiger partial charge in [-0.25, -0.2) is 16.8 Å². The molecule has 2 aromatic carbocycles. The predicted molar refractivity (Wildman–Crippen MR) is 103 cm³/mol. The lowest BCUT2D eigenvalue weighted by molar-refractivity contribution is 0.0730. The lowest BCUT2D eigenvalue weighted by Crippen LogP contribution is -2.40. The van der Waals surface area contributed by atoms with E-state index in [4.69, 9.17) is 27.9 Å². The molecule has 0 amide bonds. The van der Waals surface area contributed by atoms with Crippen LogP contribution < -0.4 is 0 Å². The molecule has 0 unspecified atom stereocenters. The highest BCUT2D eigenvalue weighted by Crippen LogP contribution is 2.30. The molecule has 0 aromatic heterocycles. The fourth-order valence-corrected chi connectivity index (χ4v) is 6.14. The zero-order valence-corrected chi connectivity index (χ0v) is 17.5. The summed E-state index contributed by atoms with van der Waals surface area (Å²) in [6, 6.07) is 8.02. The molecule has 0 radical (unpaired) electrons. The van der Waals surface area contributed by atoms with Crippen molar-refractivity contribution in [3.05, 3.63) is 52.0 Å².